The summed E-state index contributed by atoms with van der Waals surface area (Å²) in [6.45, 7) is 1.61. The van der Waals surface area contributed by atoms with Crippen LogP contribution >= 0.6 is 0 Å². The van der Waals surface area contributed by atoms with E-state index in [1.807, 2.05) is 24.3 Å². The van der Waals surface area contributed by atoms with E-state index in [-0.39, 0.29) is 12.5 Å². The van der Waals surface area contributed by atoms with Gasteiger partial charge in [0.05, 0.1) is 6.54 Å². The first-order chi connectivity index (χ1) is 16.0. The molecule has 1 saturated heterocycles. The van der Waals surface area contributed by atoms with Gasteiger partial charge in [0.25, 0.3) is 5.91 Å². The predicted octanol–water partition coefficient (Wildman–Crippen LogP) is 0.739. The lowest BCUT2D eigenvalue weighted by molar-refractivity contribution is -0.123. The molecule has 0 aromatic heterocycles. The van der Waals surface area contributed by atoms with Gasteiger partial charge in [0.15, 0.2) is 5.78 Å². The molecule has 1 aliphatic rings. The normalized spacial score (nSPS) is 14.1. The van der Waals surface area contributed by atoms with Crippen LogP contribution < -0.4 is 16.4 Å². The third-order valence-electron chi connectivity index (χ3n) is 5.32. The Morgan fingerprint density at radius 2 is 1.55 bits per heavy atom. The van der Waals surface area contributed by atoms with Gasteiger partial charge in [-0.05, 0) is 74.5 Å². The van der Waals surface area contributed by atoms with Crippen LogP contribution in [0.25, 0.3) is 0 Å². The molecule has 8 heteroatoms. The fraction of sp³-hybridized carbons (Fsp3) is 0.320. The number of rotatable bonds is 8. The summed E-state index contributed by atoms with van der Waals surface area (Å²) in [6.07, 6.45) is 2.30. The summed E-state index contributed by atoms with van der Waals surface area (Å²) in [6, 6.07) is 13.0. The molecule has 172 valence electrons. The number of hydrogen-bond acceptors (Lipinski definition) is 6. The number of hydrogen-bond donors (Lipinski definition) is 4. The monoisotopic (exact) mass is 448 g/mol. The Hall–Kier alpha value is -3.51. The number of carbonyl (C=O) groups is 3. The molecule has 0 radical (unpaired) electrons. The minimum absolute atomic E-state index is 0.0154. The molecule has 5 N–H and O–H groups in total. The van der Waals surface area contributed by atoms with Crippen LogP contribution in [0.4, 0.5) is 5.69 Å². The molecule has 0 aliphatic carbocycles. The second kappa shape index (κ2) is 11.9. The van der Waals surface area contributed by atoms with Gasteiger partial charge in [0, 0.05) is 28.9 Å². The zero-order valence-electron chi connectivity index (χ0n) is 18.3. The maximum absolute atomic E-state index is 12.3. The molecule has 0 bridgehead atoms. The topological polar surface area (TPSA) is 125 Å². The SMILES string of the molecule is NC[C@H](NC(=O)c1ccc(C#Cc2ccc(NC(=O)CN3CCCC3)cc2)cc1)C(=O)CO. The third-order valence-corrected chi connectivity index (χ3v) is 5.32. The number of aliphatic hydroxyl groups is 1. The average Bonchev–Trinajstić information content (AvgIpc) is 3.34. The van der Waals surface area contributed by atoms with Gasteiger partial charge in [-0.3, -0.25) is 19.3 Å². The first-order valence-electron chi connectivity index (χ1n) is 10.9. The van der Waals surface area contributed by atoms with Crippen molar-refractivity contribution in [2.45, 2.75) is 18.9 Å². The first kappa shape index (κ1) is 24.1. The van der Waals surface area contributed by atoms with Gasteiger partial charge in [-0.15, -0.1) is 0 Å². The van der Waals surface area contributed by atoms with Crippen molar-refractivity contribution in [3.63, 3.8) is 0 Å². The van der Waals surface area contributed by atoms with Gasteiger partial charge in [-0.1, -0.05) is 11.8 Å². The second-order valence-corrected chi connectivity index (χ2v) is 7.82. The Labute approximate surface area is 193 Å². The molecule has 3 rings (SSSR count). The number of nitrogens with two attached hydrogens (primary N) is 1. The van der Waals surface area contributed by atoms with Gasteiger partial charge < -0.3 is 21.5 Å². The van der Waals surface area contributed by atoms with Gasteiger partial charge in [-0.25, -0.2) is 0 Å². The van der Waals surface area contributed by atoms with Crippen molar-refractivity contribution in [2.24, 2.45) is 5.73 Å². The van der Waals surface area contributed by atoms with Crippen LogP contribution in [0.3, 0.4) is 0 Å². The van der Waals surface area contributed by atoms with E-state index in [0.29, 0.717) is 12.1 Å². The number of nitrogens with one attached hydrogen (secondary N) is 2. The van der Waals surface area contributed by atoms with Gasteiger partial charge in [0.1, 0.15) is 12.6 Å². The Balaban J connectivity index is 1.54. The zero-order chi connectivity index (χ0) is 23.6. The molecule has 1 aliphatic heterocycles. The maximum Gasteiger partial charge on any atom is 0.251 e. The number of nitrogens with zero attached hydrogens (tertiary/aromatic N) is 1. The number of carbonyl (C=O) groups excluding carboxylic acids is 3. The Bertz CT molecular complexity index is 1030. The highest BCUT2D eigenvalue weighted by Gasteiger charge is 2.19. The van der Waals surface area contributed by atoms with Gasteiger partial charge in [-0.2, -0.15) is 0 Å². The van der Waals surface area contributed by atoms with Crippen molar-refractivity contribution in [1.29, 1.82) is 0 Å². The summed E-state index contributed by atoms with van der Waals surface area (Å²) in [7, 11) is 0. The predicted molar refractivity (Wildman–Crippen MR) is 126 cm³/mol. The number of aliphatic hydroxyl groups excluding tert-OH is 1. The van der Waals surface area contributed by atoms with Crippen molar-refractivity contribution in [3.05, 3.63) is 65.2 Å². The third kappa shape index (κ3) is 7.26. The van der Waals surface area contributed by atoms with Crippen molar-refractivity contribution in [2.75, 3.05) is 38.1 Å². The maximum atomic E-state index is 12.3. The molecule has 1 fully saturated rings. The lowest BCUT2D eigenvalue weighted by atomic mass is 10.1. The fourth-order valence-electron chi connectivity index (χ4n) is 3.45. The molecule has 0 spiro atoms. The molecule has 2 aromatic rings. The van der Waals surface area contributed by atoms with Crippen molar-refractivity contribution in [1.82, 2.24) is 10.2 Å². The lowest BCUT2D eigenvalue weighted by Gasteiger charge is -2.14. The molecule has 1 heterocycles. The highest BCUT2D eigenvalue weighted by Crippen LogP contribution is 2.11. The Morgan fingerprint density at radius 3 is 2.09 bits per heavy atom. The van der Waals surface area contributed by atoms with Crippen LogP contribution in [0.15, 0.2) is 48.5 Å². The second-order valence-electron chi connectivity index (χ2n) is 7.82. The highest BCUT2D eigenvalue weighted by molar-refractivity contribution is 5.98. The van der Waals surface area contributed by atoms with Crippen LogP contribution in [-0.2, 0) is 9.59 Å². The van der Waals surface area contributed by atoms with E-state index in [1.165, 1.54) is 0 Å². The van der Waals surface area contributed by atoms with Crippen LogP contribution in [-0.4, -0.2) is 66.4 Å². The molecule has 0 unspecified atom stereocenters. The Morgan fingerprint density at radius 1 is 0.970 bits per heavy atom. The number of anilines is 1. The first-order valence-corrected chi connectivity index (χ1v) is 10.9. The molecule has 0 saturated carbocycles. The highest BCUT2D eigenvalue weighted by atomic mass is 16.3. The van der Waals surface area contributed by atoms with Crippen molar-refractivity contribution >= 4 is 23.3 Å². The minimum atomic E-state index is -0.921. The van der Waals surface area contributed by atoms with Crippen LogP contribution in [0.2, 0.25) is 0 Å². The summed E-state index contributed by atoms with van der Waals surface area (Å²) in [5.41, 5.74) is 8.08. The average molecular weight is 449 g/mol. The van der Waals surface area contributed by atoms with Crippen LogP contribution in [0.5, 0.6) is 0 Å². The Kier molecular flexibility index (Phi) is 8.72. The quantitative estimate of drug-likeness (QED) is 0.442. The van der Waals surface area contributed by atoms with E-state index in [2.05, 4.69) is 27.4 Å². The number of ketones is 1. The number of amides is 2. The van der Waals surface area contributed by atoms with E-state index in [9.17, 15) is 14.4 Å². The summed E-state index contributed by atoms with van der Waals surface area (Å²) >= 11 is 0. The number of Topliss-reactive ketones (excluding diaryl/α,β-unsaturated/α-hetero) is 1. The van der Waals surface area contributed by atoms with E-state index in [0.717, 1.165) is 42.7 Å². The minimum Gasteiger partial charge on any atom is -0.388 e. The standard InChI is InChI=1S/C25H28N4O4/c26-15-22(23(31)17-30)28-25(33)20-9-5-18(6-10-20)3-4-19-7-11-21(12-8-19)27-24(32)16-29-13-1-2-14-29/h5-12,22,30H,1-2,13-17,26H2,(H,27,32)(H,28,33)/t22-/m0/s1. The van der Waals surface area contributed by atoms with E-state index >= 15 is 0 Å². The van der Waals surface area contributed by atoms with Gasteiger partial charge in [0.2, 0.25) is 5.91 Å². The van der Waals surface area contributed by atoms with E-state index < -0.39 is 24.3 Å². The number of likely N-dealkylation sites (tertiary alicyclic amines) is 1. The number of benzene rings is 2. The van der Waals surface area contributed by atoms with Gasteiger partial charge >= 0.3 is 0 Å². The molecule has 8 nitrogen and oxygen atoms in total. The fourth-order valence-corrected chi connectivity index (χ4v) is 3.45. The molecular formula is C25H28N4O4. The molecular weight excluding hydrogens is 420 g/mol. The molecule has 1 atom stereocenters. The zero-order valence-corrected chi connectivity index (χ0v) is 18.3. The smallest absolute Gasteiger partial charge is 0.251 e. The summed E-state index contributed by atoms with van der Waals surface area (Å²) in [5.74, 6) is 5.08. The van der Waals surface area contributed by atoms with Crippen molar-refractivity contribution in [3.8, 4) is 11.8 Å². The lowest BCUT2D eigenvalue weighted by Crippen LogP contribution is -2.46. The van der Waals surface area contributed by atoms with E-state index in [1.54, 1.807) is 24.3 Å². The molecule has 2 aromatic carbocycles. The summed E-state index contributed by atoms with van der Waals surface area (Å²) in [4.78, 5) is 38.1. The van der Waals surface area contributed by atoms with E-state index in [4.69, 9.17) is 10.8 Å². The van der Waals surface area contributed by atoms with Crippen molar-refractivity contribution < 1.29 is 19.5 Å². The largest absolute Gasteiger partial charge is 0.388 e. The molecule has 33 heavy (non-hydrogen) atoms. The van der Waals surface area contributed by atoms with Crippen LogP contribution in [0.1, 0.15) is 34.3 Å². The summed E-state index contributed by atoms with van der Waals surface area (Å²) in [5, 5.41) is 14.3. The van der Waals surface area contributed by atoms with Crippen LogP contribution in [0, 0.1) is 11.8 Å². The molecule has 2 amide bonds. The summed E-state index contributed by atoms with van der Waals surface area (Å²) < 4.78 is 0.